The van der Waals surface area contributed by atoms with Crippen LogP contribution in [-0.2, 0) is 14.4 Å². The number of rotatable bonds is 6. The number of anilines is 3. The van der Waals surface area contributed by atoms with E-state index in [1.165, 1.54) is 0 Å². The molecule has 3 heterocycles. The summed E-state index contributed by atoms with van der Waals surface area (Å²) in [6.07, 6.45) is 1.07. The third kappa shape index (κ3) is 15.7. The molecule has 12 heteroatoms. The van der Waals surface area contributed by atoms with Crippen LogP contribution in [0.1, 0.15) is 125 Å². The van der Waals surface area contributed by atoms with Crippen LogP contribution in [0.4, 0.5) is 17.1 Å². The maximum Gasteiger partial charge on any atom is 0.251 e. The molecule has 0 spiro atoms. The Bertz CT molecular complexity index is 3770. The molecular formula is C75H66N6O6. The summed E-state index contributed by atoms with van der Waals surface area (Å²) in [6, 6.07) is 51.8. The molecule has 18 bridgehead atoms. The molecule has 0 radical (unpaired) electrons. The highest BCUT2D eigenvalue weighted by atomic mass is 16.2. The summed E-state index contributed by atoms with van der Waals surface area (Å²) in [5.74, 6) is 17.2. The topological polar surface area (TPSA) is 175 Å². The quantitative estimate of drug-likeness (QED) is 0.0904. The highest BCUT2D eigenvalue weighted by molar-refractivity contribution is 6.04. The molecule has 12 nitrogen and oxygen atoms in total. The molecule has 0 fully saturated rings. The van der Waals surface area contributed by atoms with E-state index in [2.05, 4.69) is 67.4 Å². The number of benzene rings is 8. The molecule has 6 N–H and O–H groups in total. The Labute approximate surface area is 508 Å². The molecule has 8 aromatic carbocycles. The van der Waals surface area contributed by atoms with Crippen molar-refractivity contribution in [2.24, 2.45) is 17.8 Å². The van der Waals surface area contributed by atoms with Gasteiger partial charge in [0.25, 0.3) is 17.7 Å². The SMILES string of the molecule is CC(C)C[C@@H]1NC(=O)c2cccc(c2)-c2cc3cc(c2)-c2cccc(c2)C(=O)N[C@@H](CC(C)C)C(=O)Nc2cccc(c2)C#Cc2cc(cc(c2)C#Cc2cccc(c2)NC(=O)[C@H](CC(C)C)NC(=O)c2cccc-3c2)C#Cc2cccc(c2)NC1=O. The monoisotopic (exact) mass is 1150 g/mol. The minimum Gasteiger partial charge on any atom is -0.340 e. The third-order valence-electron chi connectivity index (χ3n) is 14.7. The minimum atomic E-state index is -0.902. The van der Waals surface area contributed by atoms with Gasteiger partial charge in [-0.2, -0.15) is 0 Å². The van der Waals surface area contributed by atoms with Crippen molar-refractivity contribution in [3.05, 3.63) is 232 Å². The number of fused-ring (bicyclic) bond motifs is 12. The smallest absolute Gasteiger partial charge is 0.251 e. The van der Waals surface area contributed by atoms with Gasteiger partial charge in [0.1, 0.15) is 18.1 Å². The Morgan fingerprint density at radius 1 is 0.287 bits per heavy atom. The lowest BCUT2D eigenvalue weighted by Crippen LogP contribution is -2.44. The first kappa shape index (κ1) is 59.4. The standard InChI is InChI=1S/C75H66N6O6/c1-46(2)31-67-73(85)76-64-22-7-13-49(37-64)25-28-52-34-53-29-26-50-14-8-23-65(38-50)77-74(86)68(32-47(3)4)80-71(83)59-20-11-17-56(41-59)62-43-61(55-16-10-19-58(40-55)70(82)79-67)44-63(45-62)57-18-12-21-60(42-57)72(84)81-69(33-48(5)6)75(87)78-66-24-9-15-51(39-66)27-30-54(35-52)36-53/h7-24,34-48,67-69H,31-33H2,1-6H3,(H,76,85)(H,77,86)(H,78,87)(H,79,82)(H,80,83)(H,81,84)/t67-,68-,69-/m0/s1. The fraction of sp³-hybridized carbons (Fsp3) is 0.200. The van der Waals surface area contributed by atoms with Crippen LogP contribution in [0.5, 0.6) is 0 Å². The number of nitrogens with one attached hydrogen (secondary N) is 6. The zero-order valence-corrected chi connectivity index (χ0v) is 49.4. The average Bonchev–Trinajstić information content (AvgIpc) is 2.49. The number of hydrogen-bond donors (Lipinski definition) is 6. The van der Waals surface area contributed by atoms with Gasteiger partial charge >= 0.3 is 0 Å². The molecule has 8 aromatic rings. The lowest BCUT2D eigenvalue weighted by atomic mass is 9.91. The van der Waals surface area contributed by atoms with Gasteiger partial charge in [-0.15, -0.1) is 0 Å². The maximum absolute atomic E-state index is 14.4. The van der Waals surface area contributed by atoms with Crippen molar-refractivity contribution in [2.75, 3.05) is 16.0 Å². The van der Waals surface area contributed by atoms with Crippen LogP contribution in [0.2, 0.25) is 0 Å². The highest BCUT2D eigenvalue weighted by Crippen LogP contribution is 2.35. The molecule has 87 heavy (non-hydrogen) atoms. The van der Waals surface area contributed by atoms with Gasteiger partial charge in [-0.05, 0) is 198 Å². The van der Waals surface area contributed by atoms with Gasteiger partial charge in [-0.25, -0.2) is 0 Å². The number of carbonyl (C=O) groups is 6. The largest absolute Gasteiger partial charge is 0.340 e. The summed E-state index contributed by atoms with van der Waals surface area (Å²) in [5.41, 5.74) is 10.3. The molecule has 3 aliphatic rings. The van der Waals surface area contributed by atoms with Crippen LogP contribution >= 0.6 is 0 Å². The van der Waals surface area contributed by atoms with Crippen molar-refractivity contribution in [3.8, 4) is 68.9 Å². The molecule has 3 atom stereocenters. The van der Waals surface area contributed by atoms with Crippen molar-refractivity contribution >= 4 is 52.5 Å². The summed E-state index contributed by atoms with van der Waals surface area (Å²) in [4.78, 5) is 86.1. The summed E-state index contributed by atoms with van der Waals surface area (Å²) in [5, 5.41) is 18.2. The molecule has 11 rings (SSSR count). The van der Waals surface area contributed by atoms with Crippen LogP contribution in [0.3, 0.4) is 0 Å². The van der Waals surface area contributed by atoms with E-state index in [0.29, 0.717) is 120 Å². The molecule has 0 unspecified atom stereocenters. The van der Waals surface area contributed by atoms with Gasteiger partial charge in [0.05, 0.1) is 0 Å². The maximum atomic E-state index is 14.4. The minimum absolute atomic E-state index is 0.0424. The lowest BCUT2D eigenvalue weighted by Gasteiger charge is -2.21. The van der Waals surface area contributed by atoms with Crippen molar-refractivity contribution < 1.29 is 28.8 Å². The van der Waals surface area contributed by atoms with Crippen LogP contribution in [0, 0.1) is 53.3 Å². The molecule has 3 aliphatic heterocycles. The number of carbonyl (C=O) groups excluding carboxylic acids is 6. The third-order valence-corrected chi connectivity index (χ3v) is 14.7. The number of amides is 6. The molecule has 0 saturated heterocycles. The summed E-state index contributed by atoms with van der Waals surface area (Å²) in [6.45, 7) is 11.9. The molecule has 432 valence electrons. The zero-order chi connectivity index (χ0) is 61.1. The van der Waals surface area contributed by atoms with E-state index in [1.807, 2.05) is 114 Å². The first-order valence-electron chi connectivity index (χ1n) is 29.3. The second-order valence-corrected chi connectivity index (χ2v) is 23.3. The van der Waals surface area contributed by atoms with Crippen LogP contribution in [0.15, 0.2) is 182 Å². The van der Waals surface area contributed by atoms with Crippen LogP contribution < -0.4 is 31.9 Å². The normalized spacial score (nSPS) is 16.0. The fourth-order valence-corrected chi connectivity index (χ4v) is 10.5. The molecule has 0 aliphatic carbocycles. The van der Waals surface area contributed by atoms with Crippen molar-refractivity contribution in [2.45, 2.75) is 78.9 Å². The van der Waals surface area contributed by atoms with Crippen LogP contribution in [-0.4, -0.2) is 53.6 Å². The lowest BCUT2D eigenvalue weighted by molar-refractivity contribution is -0.119. The first-order chi connectivity index (χ1) is 41.9. The van der Waals surface area contributed by atoms with Gasteiger partial charge in [-0.3, -0.25) is 28.8 Å². The average molecular weight is 1150 g/mol. The molecule has 6 amide bonds. The molecule has 0 saturated carbocycles. The van der Waals surface area contributed by atoms with E-state index >= 15 is 0 Å². The van der Waals surface area contributed by atoms with E-state index < -0.39 is 35.8 Å². The van der Waals surface area contributed by atoms with E-state index in [0.717, 1.165) is 0 Å². The zero-order valence-electron chi connectivity index (χ0n) is 49.4. The van der Waals surface area contributed by atoms with E-state index in [9.17, 15) is 28.8 Å². The van der Waals surface area contributed by atoms with Crippen LogP contribution in [0.25, 0.3) is 33.4 Å². The van der Waals surface area contributed by atoms with Gasteiger partial charge in [0.2, 0.25) is 17.7 Å². The fourth-order valence-electron chi connectivity index (χ4n) is 10.5. The van der Waals surface area contributed by atoms with Gasteiger partial charge in [-0.1, -0.05) is 132 Å². The number of hydrogen-bond acceptors (Lipinski definition) is 6. The van der Waals surface area contributed by atoms with Crippen molar-refractivity contribution in [3.63, 3.8) is 0 Å². The second kappa shape index (κ2) is 26.9. The van der Waals surface area contributed by atoms with Gasteiger partial charge in [0.15, 0.2) is 0 Å². The van der Waals surface area contributed by atoms with Crippen molar-refractivity contribution in [1.29, 1.82) is 0 Å². The van der Waals surface area contributed by atoms with Gasteiger partial charge in [0, 0.05) is 67.1 Å². The van der Waals surface area contributed by atoms with E-state index in [-0.39, 0.29) is 35.5 Å². The summed E-state index contributed by atoms with van der Waals surface area (Å²) < 4.78 is 0. The predicted octanol–water partition coefficient (Wildman–Crippen LogP) is 12.9. The Kier molecular flexibility index (Phi) is 18.4. The molecular weight excluding hydrogens is 1080 g/mol. The molecule has 0 aromatic heterocycles. The van der Waals surface area contributed by atoms with Crippen molar-refractivity contribution in [1.82, 2.24) is 16.0 Å². The second-order valence-electron chi connectivity index (χ2n) is 23.3. The van der Waals surface area contributed by atoms with E-state index in [1.54, 1.807) is 109 Å². The predicted molar refractivity (Wildman–Crippen MR) is 344 cm³/mol. The van der Waals surface area contributed by atoms with Gasteiger partial charge < -0.3 is 31.9 Å². The summed E-state index contributed by atoms with van der Waals surface area (Å²) in [7, 11) is 0. The Hall–Kier alpha value is -10.7. The highest BCUT2D eigenvalue weighted by Gasteiger charge is 2.27. The Morgan fingerprint density at radius 3 is 0.805 bits per heavy atom. The Balaban J connectivity index is 1.17. The summed E-state index contributed by atoms with van der Waals surface area (Å²) >= 11 is 0. The Morgan fingerprint density at radius 2 is 0.529 bits per heavy atom. The first-order valence-corrected chi connectivity index (χ1v) is 29.3. The van der Waals surface area contributed by atoms with E-state index in [4.69, 9.17) is 0 Å².